The lowest BCUT2D eigenvalue weighted by Gasteiger charge is -2.24. The molecule has 0 aliphatic carbocycles. The van der Waals surface area contributed by atoms with Crippen molar-refractivity contribution in [3.63, 3.8) is 0 Å². The summed E-state index contributed by atoms with van der Waals surface area (Å²) in [5.74, 6) is 1.30. The highest BCUT2D eigenvalue weighted by molar-refractivity contribution is 5.69. The zero-order valence-electron chi connectivity index (χ0n) is 13.8. The van der Waals surface area contributed by atoms with Crippen LogP contribution in [0, 0.1) is 0 Å². The van der Waals surface area contributed by atoms with Crippen LogP contribution in [0.3, 0.4) is 0 Å². The number of rotatable bonds is 6. The first kappa shape index (κ1) is 16.3. The van der Waals surface area contributed by atoms with Gasteiger partial charge in [0.25, 0.3) is 0 Å². The van der Waals surface area contributed by atoms with Gasteiger partial charge in [0.15, 0.2) is 0 Å². The van der Waals surface area contributed by atoms with Crippen LogP contribution in [0.2, 0.25) is 0 Å². The predicted molar refractivity (Wildman–Crippen MR) is 90.6 cm³/mol. The highest BCUT2D eigenvalue weighted by Gasteiger charge is 2.27. The lowest BCUT2D eigenvalue weighted by atomic mass is 9.78. The van der Waals surface area contributed by atoms with Gasteiger partial charge in [0.1, 0.15) is 12.0 Å². The van der Waals surface area contributed by atoms with Gasteiger partial charge in [0, 0.05) is 0 Å². The maximum atomic E-state index is 11.8. The largest absolute Gasteiger partial charge is 0.497 e. The molecule has 0 aromatic heterocycles. The number of carbonyl (C=O) groups is 1. The third-order valence-electron chi connectivity index (χ3n) is 4.21. The molecule has 22 heavy (non-hydrogen) atoms. The molecule has 116 valence electrons. The smallest absolute Gasteiger partial charge is 0.130 e. The first-order valence-corrected chi connectivity index (χ1v) is 7.68. The maximum absolute atomic E-state index is 11.8. The number of benzene rings is 2. The van der Waals surface area contributed by atoms with Crippen molar-refractivity contribution in [3.8, 4) is 5.75 Å². The van der Waals surface area contributed by atoms with E-state index in [0.29, 0.717) is 12.3 Å². The third kappa shape index (κ3) is 3.56. The molecule has 0 spiro atoms. The minimum absolute atomic E-state index is 0.518. The van der Waals surface area contributed by atoms with Gasteiger partial charge in [0.2, 0.25) is 0 Å². The van der Waals surface area contributed by atoms with Crippen molar-refractivity contribution < 1.29 is 9.53 Å². The maximum Gasteiger partial charge on any atom is 0.130 e. The van der Waals surface area contributed by atoms with Gasteiger partial charge in [-0.2, -0.15) is 0 Å². The monoisotopic (exact) mass is 296 g/mol. The standard InChI is InChI=1S/C20H24O2/c1-15(2)17-10-8-16(9-11-17)13-20(3,14-21)18-6-5-7-19(12-18)22-4/h5-12,14-15H,13H2,1-4H3. The molecule has 0 N–H and O–H groups in total. The predicted octanol–water partition coefficient (Wildman–Crippen LogP) is 4.52. The minimum atomic E-state index is -0.548. The van der Waals surface area contributed by atoms with Crippen LogP contribution in [0.15, 0.2) is 48.5 Å². The molecule has 0 saturated carbocycles. The molecule has 0 aliphatic rings. The van der Waals surface area contributed by atoms with E-state index in [4.69, 9.17) is 4.74 Å². The fraction of sp³-hybridized carbons (Fsp3) is 0.350. The molecule has 0 amide bonds. The second-order valence-electron chi connectivity index (χ2n) is 6.34. The van der Waals surface area contributed by atoms with Gasteiger partial charge in [0.05, 0.1) is 12.5 Å². The number of carbonyl (C=O) groups excluding carboxylic acids is 1. The Morgan fingerprint density at radius 2 is 1.82 bits per heavy atom. The van der Waals surface area contributed by atoms with E-state index in [1.54, 1.807) is 7.11 Å². The van der Waals surface area contributed by atoms with E-state index >= 15 is 0 Å². The van der Waals surface area contributed by atoms with Gasteiger partial charge in [-0.3, -0.25) is 0 Å². The van der Waals surface area contributed by atoms with E-state index in [-0.39, 0.29) is 0 Å². The van der Waals surface area contributed by atoms with Crippen LogP contribution in [-0.2, 0) is 16.6 Å². The quantitative estimate of drug-likeness (QED) is 0.733. The van der Waals surface area contributed by atoms with E-state index in [2.05, 4.69) is 38.1 Å². The van der Waals surface area contributed by atoms with Crippen molar-refractivity contribution in [2.75, 3.05) is 7.11 Å². The summed E-state index contributed by atoms with van der Waals surface area (Å²) in [6.07, 6.45) is 1.72. The van der Waals surface area contributed by atoms with Gasteiger partial charge in [-0.15, -0.1) is 0 Å². The van der Waals surface area contributed by atoms with Crippen LogP contribution in [0.4, 0.5) is 0 Å². The molecule has 0 saturated heterocycles. The summed E-state index contributed by atoms with van der Waals surface area (Å²) in [7, 11) is 1.64. The Hall–Kier alpha value is -2.09. The van der Waals surface area contributed by atoms with Crippen LogP contribution in [0.25, 0.3) is 0 Å². The van der Waals surface area contributed by atoms with E-state index in [1.807, 2.05) is 31.2 Å². The van der Waals surface area contributed by atoms with Crippen LogP contribution in [0.5, 0.6) is 5.75 Å². The van der Waals surface area contributed by atoms with Crippen molar-refractivity contribution in [2.45, 2.75) is 38.5 Å². The molecule has 0 heterocycles. The highest BCUT2D eigenvalue weighted by atomic mass is 16.5. The van der Waals surface area contributed by atoms with Crippen molar-refractivity contribution in [2.24, 2.45) is 0 Å². The number of hydrogen-bond acceptors (Lipinski definition) is 2. The Morgan fingerprint density at radius 1 is 1.14 bits per heavy atom. The second kappa shape index (κ2) is 6.78. The van der Waals surface area contributed by atoms with Crippen LogP contribution < -0.4 is 4.74 Å². The Labute approximate surface area is 133 Å². The summed E-state index contributed by atoms with van der Waals surface area (Å²) >= 11 is 0. The minimum Gasteiger partial charge on any atom is -0.497 e. The Kier molecular flexibility index (Phi) is 5.02. The normalized spacial score (nSPS) is 13.7. The Bertz CT molecular complexity index is 628. The molecule has 0 fully saturated rings. The first-order valence-electron chi connectivity index (χ1n) is 7.68. The summed E-state index contributed by atoms with van der Waals surface area (Å²) < 4.78 is 5.27. The molecule has 1 unspecified atom stereocenters. The van der Waals surface area contributed by atoms with Crippen molar-refractivity contribution in [1.29, 1.82) is 0 Å². The third-order valence-corrected chi connectivity index (χ3v) is 4.21. The van der Waals surface area contributed by atoms with Gasteiger partial charge < -0.3 is 9.53 Å². The molecule has 0 radical (unpaired) electrons. The van der Waals surface area contributed by atoms with E-state index in [9.17, 15) is 4.79 Å². The number of aldehydes is 1. The van der Waals surface area contributed by atoms with Gasteiger partial charge in [-0.1, -0.05) is 50.2 Å². The Morgan fingerprint density at radius 3 is 2.36 bits per heavy atom. The molecule has 1 atom stereocenters. The Balaban J connectivity index is 2.28. The van der Waals surface area contributed by atoms with Gasteiger partial charge in [-0.25, -0.2) is 0 Å². The molecule has 0 bridgehead atoms. The van der Waals surface area contributed by atoms with E-state index in [1.165, 1.54) is 11.1 Å². The van der Waals surface area contributed by atoms with Crippen molar-refractivity contribution >= 4 is 6.29 Å². The lowest BCUT2D eigenvalue weighted by molar-refractivity contribution is -0.112. The van der Waals surface area contributed by atoms with Crippen LogP contribution in [0.1, 0.15) is 43.4 Å². The summed E-state index contributed by atoms with van der Waals surface area (Å²) in [5, 5.41) is 0. The number of methoxy groups -OCH3 is 1. The van der Waals surface area contributed by atoms with E-state index in [0.717, 1.165) is 17.6 Å². The van der Waals surface area contributed by atoms with Gasteiger partial charge >= 0.3 is 0 Å². The fourth-order valence-corrected chi connectivity index (χ4v) is 2.63. The summed E-state index contributed by atoms with van der Waals surface area (Å²) in [4.78, 5) is 11.8. The fourth-order valence-electron chi connectivity index (χ4n) is 2.63. The molecule has 0 aliphatic heterocycles. The first-order chi connectivity index (χ1) is 10.5. The van der Waals surface area contributed by atoms with Crippen LogP contribution >= 0.6 is 0 Å². The zero-order valence-corrected chi connectivity index (χ0v) is 13.8. The van der Waals surface area contributed by atoms with Crippen molar-refractivity contribution in [1.82, 2.24) is 0 Å². The van der Waals surface area contributed by atoms with Gasteiger partial charge in [-0.05, 0) is 48.1 Å². The SMILES string of the molecule is COc1cccc(C(C)(C=O)Cc2ccc(C(C)C)cc2)c1. The lowest BCUT2D eigenvalue weighted by Crippen LogP contribution is -2.26. The number of ether oxygens (including phenoxy) is 1. The average molecular weight is 296 g/mol. The summed E-state index contributed by atoms with van der Waals surface area (Å²) in [6, 6.07) is 16.3. The topological polar surface area (TPSA) is 26.3 Å². The molecule has 2 rings (SSSR count). The molecule has 2 heteroatoms. The summed E-state index contributed by atoms with van der Waals surface area (Å²) in [5.41, 5.74) is 2.92. The zero-order chi connectivity index (χ0) is 16.2. The molecular weight excluding hydrogens is 272 g/mol. The number of hydrogen-bond donors (Lipinski definition) is 0. The molecular formula is C20H24O2. The molecule has 2 aromatic carbocycles. The average Bonchev–Trinajstić information content (AvgIpc) is 2.55. The molecule has 2 nitrogen and oxygen atoms in total. The second-order valence-corrected chi connectivity index (χ2v) is 6.34. The van der Waals surface area contributed by atoms with E-state index < -0.39 is 5.41 Å². The highest BCUT2D eigenvalue weighted by Crippen LogP contribution is 2.29. The van der Waals surface area contributed by atoms with Crippen LogP contribution in [-0.4, -0.2) is 13.4 Å². The molecule has 2 aromatic rings. The summed E-state index contributed by atoms with van der Waals surface area (Å²) in [6.45, 7) is 6.34. The van der Waals surface area contributed by atoms with Crippen molar-refractivity contribution in [3.05, 3.63) is 65.2 Å².